The van der Waals surface area contributed by atoms with Gasteiger partial charge in [-0.05, 0) is 380 Å². The van der Waals surface area contributed by atoms with Gasteiger partial charge in [0.2, 0.25) is 0 Å². The molecule has 5 saturated carbocycles. The van der Waals surface area contributed by atoms with Crippen LogP contribution in [0.5, 0.6) is 0 Å². The van der Waals surface area contributed by atoms with Gasteiger partial charge in [0.15, 0.2) is 0 Å². The number of rotatable bonds is 30. The molecule has 12 spiro atoms. The van der Waals surface area contributed by atoms with E-state index in [-0.39, 0.29) is 109 Å². The molecular weight excluding hydrogens is 1560 g/mol. The topological polar surface area (TPSA) is 326 Å². The summed E-state index contributed by atoms with van der Waals surface area (Å²) in [7, 11) is -26.1. The zero-order chi connectivity index (χ0) is 75.1. The van der Waals surface area contributed by atoms with Gasteiger partial charge in [-0.1, -0.05) is 38.5 Å². The van der Waals surface area contributed by atoms with Crippen molar-refractivity contribution in [2.45, 2.75) is 181 Å². The summed E-state index contributed by atoms with van der Waals surface area (Å²) >= 11 is 0. The molecule has 0 aromatic heterocycles. The molecule has 7 aromatic rings. The summed E-state index contributed by atoms with van der Waals surface area (Å²) in [6.07, 6.45) is 9.11. The van der Waals surface area contributed by atoms with Crippen LogP contribution in [0.15, 0.2) is 16.7 Å². The van der Waals surface area contributed by atoms with Crippen LogP contribution in [-0.4, -0.2) is 112 Å². The van der Waals surface area contributed by atoms with Crippen molar-refractivity contribution in [3.63, 3.8) is 0 Å². The fourth-order valence-corrected chi connectivity index (χ4v) is 45.2. The van der Waals surface area contributed by atoms with Crippen molar-refractivity contribution in [3.8, 4) is 100 Å². The normalized spacial score (nSPS) is 39.8. The Hall–Kier alpha value is -6.78. The predicted octanol–water partition coefficient (Wildman–Crippen LogP) is 12.3. The van der Waals surface area contributed by atoms with Crippen molar-refractivity contribution >= 4 is 77.4 Å². The molecule has 0 heterocycles. The second-order valence-corrected chi connectivity index (χ2v) is 51.1. The van der Waals surface area contributed by atoms with Gasteiger partial charge in [-0.25, -0.2) is 0 Å². The lowest BCUT2D eigenvalue weighted by Crippen LogP contribution is -2.44. The molecule has 2 bridgehead atoms. The van der Waals surface area contributed by atoms with E-state index >= 15 is 0 Å². The minimum atomic E-state index is -4.39. The van der Waals surface area contributed by atoms with Crippen LogP contribution in [0.4, 0.5) is 0 Å². The van der Waals surface area contributed by atoms with Gasteiger partial charge in [0, 0.05) is 59.6 Å². The molecule has 18 unspecified atom stereocenters. The van der Waals surface area contributed by atoms with E-state index in [1.807, 2.05) is 0 Å². The van der Waals surface area contributed by atoms with Gasteiger partial charge in [0.1, 0.15) is 0 Å². The van der Waals surface area contributed by atoms with E-state index in [0.29, 0.717) is 77.0 Å². The van der Waals surface area contributed by atoms with Crippen molar-refractivity contribution in [1.29, 1.82) is 0 Å². The third kappa shape index (κ3) is 3.92. The van der Waals surface area contributed by atoms with Crippen molar-refractivity contribution in [3.05, 3.63) is 150 Å². The Labute approximate surface area is 651 Å². The quantitative estimate of drug-likeness (QED) is 0.0180. The maximum absolute atomic E-state index is 13.3. The number of allylic oxidation sites excluding steroid dienone is 6. The number of hydrogen-bond donors (Lipinski definition) is 6. The molecule has 0 radical (unpaired) electrons. The molecule has 0 amide bonds. The van der Waals surface area contributed by atoms with Crippen molar-refractivity contribution in [1.82, 2.24) is 0 Å². The van der Waals surface area contributed by atoms with Crippen LogP contribution in [0, 0.1) is 35.5 Å². The number of hydrogen-bond acceptors (Lipinski definition) is 12. The lowest BCUT2D eigenvalue weighted by molar-refractivity contribution is 0.315. The summed E-state index contributed by atoms with van der Waals surface area (Å²) in [6, 6.07) is 0. The first kappa shape index (κ1) is 59.0. The molecule has 32 aliphatic rings. The van der Waals surface area contributed by atoms with Gasteiger partial charge in [-0.3, -0.25) is 27.3 Å². The van der Waals surface area contributed by atoms with E-state index < -0.39 is 126 Å². The average Bonchev–Trinajstić information content (AvgIpc) is 1.32. The molecular formula is C90H60O18S6. The summed E-state index contributed by atoms with van der Waals surface area (Å²) < 4.78 is 223. The van der Waals surface area contributed by atoms with E-state index in [4.69, 9.17) is 0 Å². The number of unbranched alkanes of at least 4 members (excludes halogenated alkanes) is 6. The van der Waals surface area contributed by atoms with Gasteiger partial charge in [0.05, 0.1) is 39.9 Å². The second kappa shape index (κ2) is 14.3. The molecule has 24 heteroatoms. The largest absolute Gasteiger partial charge is 0.286 e. The molecule has 7 aromatic carbocycles. The smallest absolute Gasteiger partial charge is 0.264 e. The predicted molar refractivity (Wildman–Crippen MR) is 411 cm³/mol. The minimum Gasteiger partial charge on any atom is -0.286 e. The van der Waals surface area contributed by atoms with E-state index in [2.05, 4.69) is 0 Å². The Morgan fingerprint density at radius 3 is 0.781 bits per heavy atom. The Morgan fingerprint density at radius 1 is 0.184 bits per heavy atom. The van der Waals surface area contributed by atoms with Gasteiger partial charge in [-0.2, -0.15) is 50.5 Å². The SMILES string of the molecule is O=S(=O)(O)CCCCC1C23C4=C5c6c7c8c9c%10c6-c6c%11c%12c%13c%14c6C%106C(CCCCS(=O)(=O)O)C6%10c6c-9c9c%15c%16c6-c6c%10c-%14c%10c%14c6C6%17c%18c%19c%20c%21c(c%18-%14)C%14(c%18c-%12c(c2c(c%18-%21)C2%12C3=C3C(=C47)C4(c7c3c(c-%19c(c7-%15)C%166C%17CCCCS(=O)(=O)O)C%202C%12CCCCS(=O)(=O)O)C(CCCCS(=O)(=O)O)C894)C5%111)C(CCCCS(=O)(=O)O)C%13%10%14. The first-order chi connectivity index (χ1) is 54.5. The van der Waals surface area contributed by atoms with E-state index in [9.17, 15) is 77.8 Å². The molecule has 564 valence electrons. The number of benzene rings is 7. The van der Waals surface area contributed by atoms with E-state index in [0.717, 1.165) is 0 Å². The molecule has 18 atom stereocenters. The van der Waals surface area contributed by atoms with Crippen LogP contribution < -0.4 is 0 Å². The Balaban J connectivity index is 0.790. The minimum absolute atomic E-state index is 0.0412. The molecule has 114 heavy (non-hydrogen) atoms. The highest BCUT2D eigenvalue weighted by atomic mass is 32.2. The van der Waals surface area contributed by atoms with Crippen LogP contribution in [-0.2, 0) is 126 Å². The standard InChI is InChI=1S/C90H60O18S6/c91-109(92,93)19-7-1-13-25-79-54-34-32-31-33-35-72-53-52-69-47-45-59-38-37(56(33)82(59)27(88(69,72)82)15-3-9-21-111(97,98)99)55(32)81-26(14-2-8-20-110(94,95)96)84(81)60(38)41-42-62(84)40-39(57(34)81)58-36(54)50-71-51-49-67-44-43(61(40)83(58)28(87(67,71)83)16-4-10-22-112(100,101)102)63(42)85-29(17-5-11-23-113(103,104)105)86(85,64(41)45)66(47)48-46(65(44)85)68(49)89(70(48)52)30(18-6-12-24-114(106,107)108)90(89)76(51)77(75(50)79)80(25,78(53)90)74(35)73(31)79/h25-30H,1-24H2,(H,91,92,93)(H,94,95,96)(H,97,98,99)(H,100,101,102)(H,103,104,105)(H,106,107,108). The maximum atomic E-state index is 13.3. The van der Waals surface area contributed by atoms with Crippen molar-refractivity contribution in [2.75, 3.05) is 34.5 Å². The van der Waals surface area contributed by atoms with Gasteiger partial charge < -0.3 is 0 Å². The van der Waals surface area contributed by atoms with Crippen LogP contribution in [0.1, 0.15) is 249 Å². The lowest BCUT2D eigenvalue weighted by atomic mass is 9.52. The zero-order valence-corrected chi connectivity index (χ0v) is 65.4. The first-order valence-corrected chi connectivity index (χ1v) is 51.9. The highest BCUT2D eigenvalue weighted by molar-refractivity contribution is 7.87. The fourth-order valence-electron chi connectivity index (χ4n) is 41.7. The van der Waals surface area contributed by atoms with Crippen LogP contribution in [0.25, 0.3) is 117 Å². The first-order valence-electron chi connectivity index (χ1n) is 42.2. The summed E-state index contributed by atoms with van der Waals surface area (Å²) in [4.78, 5) is 0. The fraction of sp³-hybridized carbons (Fsp3) is 0.467. The van der Waals surface area contributed by atoms with E-state index in [1.54, 1.807) is 5.57 Å². The molecule has 32 aliphatic carbocycles. The highest BCUT2D eigenvalue weighted by Crippen LogP contribution is 3.13. The molecule has 0 saturated heterocycles. The van der Waals surface area contributed by atoms with Gasteiger partial charge in [-0.15, -0.1) is 0 Å². The molecule has 18 nitrogen and oxygen atoms in total. The summed E-state index contributed by atoms with van der Waals surface area (Å²) in [5.74, 6) is -2.55. The Morgan fingerprint density at radius 2 is 0.430 bits per heavy atom. The third-order valence-corrected chi connectivity index (χ3v) is 45.7. The highest BCUT2D eigenvalue weighted by Gasteiger charge is 3.06. The third-order valence-electron chi connectivity index (χ3n) is 40.8. The van der Waals surface area contributed by atoms with Crippen molar-refractivity contribution in [2.24, 2.45) is 35.5 Å². The van der Waals surface area contributed by atoms with Crippen LogP contribution in [0.3, 0.4) is 0 Å². The molecule has 6 N–H and O–H groups in total. The summed E-state index contributed by atoms with van der Waals surface area (Å²) in [5, 5.41) is 0. The summed E-state index contributed by atoms with van der Waals surface area (Å²) in [6.45, 7) is 0. The van der Waals surface area contributed by atoms with E-state index in [1.165, 1.54) is 262 Å². The Kier molecular flexibility index (Phi) is 7.37. The molecule has 5 fully saturated rings. The van der Waals surface area contributed by atoms with Gasteiger partial charge in [0.25, 0.3) is 60.7 Å². The van der Waals surface area contributed by atoms with Crippen molar-refractivity contribution < 1.29 is 77.8 Å². The Bertz CT molecular complexity index is 8170. The molecule has 39 rings (SSSR count). The summed E-state index contributed by atoms with van der Waals surface area (Å²) in [5.41, 5.74) is 61.5. The monoisotopic (exact) mass is 1620 g/mol. The zero-order valence-electron chi connectivity index (χ0n) is 60.5. The second-order valence-electron chi connectivity index (χ2n) is 41.7. The van der Waals surface area contributed by atoms with Crippen LogP contribution >= 0.6 is 0 Å². The lowest BCUT2D eigenvalue weighted by Gasteiger charge is -2.49. The van der Waals surface area contributed by atoms with Crippen LogP contribution in [0.2, 0.25) is 0 Å². The average molecular weight is 1620 g/mol. The maximum Gasteiger partial charge on any atom is 0.264 e. The van der Waals surface area contributed by atoms with Gasteiger partial charge >= 0.3 is 0 Å². The molecule has 0 aliphatic heterocycles.